The third-order valence-corrected chi connectivity index (χ3v) is 6.14. The van der Waals surface area contributed by atoms with Gasteiger partial charge in [-0.1, -0.05) is 24.3 Å². The van der Waals surface area contributed by atoms with Gasteiger partial charge >= 0.3 is 6.55 Å². The van der Waals surface area contributed by atoms with E-state index in [0.29, 0.717) is 5.82 Å². The van der Waals surface area contributed by atoms with E-state index in [1.54, 1.807) is 7.05 Å². The Kier molecular flexibility index (Phi) is 7.13. The van der Waals surface area contributed by atoms with Crippen molar-refractivity contribution >= 4 is 29.9 Å². The first-order chi connectivity index (χ1) is 13.6. The molecular weight excluding hydrogens is 487 g/mol. The summed E-state index contributed by atoms with van der Waals surface area (Å²) in [5.74, 6) is 1.07. The Hall–Kier alpha value is -1.71. The van der Waals surface area contributed by atoms with Crippen LogP contribution < -0.4 is 5.32 Å². The van der Waals surface area contributed by atoms with Gasteiger partial charge < -0.3 is 10.2 Å². The zero-order chi connectivity index (χ0) is 19.6. The maximum absolute atomic E-state index is 13.1. The number of benzene rings is 1. The summed E-state index contributed by atoms with van der Waals surface area (Å²) in [6.07, 6.45) is 8.55. The smallest absolute Gasteiger partial charge is 0.319 e. The number of alkyl halides is 2. The molecule has 5 nitrogen and oxygen atoms in total. The van der Waals surface area contributed by atoms with Crippen molar-refractivity contribution in [1.29, 1.82) is 0 Å². The molecule has 1 spiro atoms. The molecule has 2 aromatic rings. The molecular formula is C21H28F2IN5. The highest BCUT2D eigenvalue weighted by molar-refractivity contribution is 14.0. The number of likely N-dealkylation sites (tertiary alicyclic amines) is 1. The second-order valence-electron chi connectivity index (χ2n) is 7.75. The van der Waals surface area contributed by atoms with E-state index in [4.69, 9.17) is 0 Å². The Morgan fingerprint density at radius 1 is 1.28 bits per heavy atom. The van der Waals surface area contributed by atoms with Crippen LogP contribution in [-0.4, -0.2) is 40.5 Å². The fourth-order valence-electron chi connectivity index (χ4n) is 4.89. The van der Waals surface area contributed by atoms with Gasteiger partial charge in [0.25, 0.3) is 0 Å². The normalized spacial score (nSPS) is 21.8. The molecule has 2 heterocycles. The molecule has 1 unspecified atom stereocenters. The highest BCUT2D eigenvalue weighted by Gasteiger charge is 2.40. The summed E-state index contributed by atoms with van der Waals surface area (Å²) in [6.45, 7) is -0.525. The lowest BCUT2D eigenvalue weighted by Crippen LogP contribution is -2.53. The van der Waals surface area contributed by atoms with E-state index >= 15 is 0 Å². The van der Waals surface area contributed by atoms with Crippen molar-refractivity contribution in [2.75, 3.05) is 20.1 Å². The van der Waals surface area contributed by atoms with Crippen molar-refractivity contribution in [3.63, 3.8) is 0 Å². The summed E-state index contributed by atoms with van der Waals surface area (Å²) < 4.78 is 27.0. The maximum atomic E-state index is 13.1. The number of imidazole rings is 1. The predicted octanol–water partition coefficient (Wildman–Crippen LogP) is 4.34. The maximum Gasteiger partial charge on any atom is 0.319 e. The molecule has 1 atom stereocenters. The van der Waals surface area contributed by atoms with Crippen molar-refractivity contribution in [1.82, 2.24) is 19.8 Å². The Morgan fingerprint density at radius 2 is 2.07 bits per heavy atom. The topological polar surface area (TPSA) is 45.5 Å². The molecule has 29 heavy (non-hydrogen) atoms. The van der Waals surface area contributed by atoms with E-state index in [9.17, 15) is 8.78 Å². The summed E-state index contributed by atoms with van der Waals surface area (Å²) in [4.78, 5) is 10.8. The minimum atomic E-state index is -2.58. The van der Waals surface area contributed by atoms with E-state index in [1.165, 1.54) is 42.8 Å². The zero-order valence-corrected chi connectivity index (χ0v) is 19.0. The number of nitrogens with zero attached hydrogens (tertiary/aromatic N) is 4. The van der Waals surface area contributed by atoms with Crippen LogP contribution in [0.25, 0.3) is 0 Å². The number of hydrogen-bond donors (Lipinski definition) is 1. The average Bonchev–Trinajstić information content (AvgIpc) is 3.18. The second-order valence-corrected chi connectivity index (χ2v) is 7.75. The SMILES string of the molecule is CN=C(NCc1nccn1C(F)F)N1CCCC2(CCCc3ccccc32)C1.I. The lowest BCUT2D eigenvalue weighted by atomic mass is 9.66. The third-order valence-electron chi connectivity index (χ3n) is 6.14. The van der Waals surface area contributed by atoms with Gasteiger partial charge in [-0.15, -0.1) is 24.0 Å². The highest BCUT2D eigenvalue weighted by Crippen LogP contribution is 2.43. The van der Waals surface area contributed by atoms with Crippen molar-refractivity contribution < 1.29 is 8.78 Å². The molecule has 158 valence electrons. The molecule has 0 amide bonds. The lowest BCUT2D eigenvalue weighted by molar-refractivity contribution is 0.0668. The Morgan fingerprint density at radius 3 is 2.86 bits per heavy atom. The van der Waals surface area contributed by atoms with Crippen LogP contribution in [0.15, 0.2) is 41.7 Å². The number of halogens is 3. The summed E-state index contributed by atoms with van der Waals surface area (Å²) in [6, 6.07) is 8.81. The largest absolute Gasteiger partial charge is 0.349 e. The summed E-state index contributed by atoms with van der Waals surface area (Å²) in [5.41, 5.74) is 3.11. The number of guanidine groups is 1. The van der Waals surface area contributed by atoms with Crippen LogP contribution in [0.1, 0.15) is 49.2 Å². The number of aromatic nitrogens is 2. The summed E-state index contributed by atoms with van der Waals surface area (Å²) in [7, 11) is 1.75. The molecule has 1 saturated heterocycles. The number of rotatable bonds is 3. The molecule has 1 N–H and O–H groups in total. The molecule has 1 aliphatic carbocycles. The first-order valence-corrected chi connectivity index (χ1v) is 9.97. The van der Waals surface area contributed by atoms with E-state index in [0.717, 1.165) is 36.5 Å². The van der Waals surface area contributed by atoms with Gasteiger partial charge in [-0.2, -0.15) is 8.78 Å². The average molecular weight is 515 g/mol. The monoisotopic (exact) mass is 515 g/mol. The van der Waals surface area contributed by atoms with Gasteiger partial charge in [0.2, 0.25) is 0 Å². The first kappa shape index (κ1) is 22.0. The minimum Gasteiger partial charge on any atom is -0.349 e. The van der Waals surface area contributed by atoms with Crippen LogP contribution in [0.3, 0.4) is 0 Å². The van der Waals surface area contributed by atoms with Crippen molar-refractivity contribution in [2.45, 2.75) is 50.6 Å². The number of aliphatic imine (C=N–C) groups is 1. The van der Waals surface area contributed by atoms with Crippen molar-refractivity contribution in [3.05, 3.63) is 53.6 Å². The number of nitrogens with one attached hydrogen (secondary N) is 1. The van der Waals surface area contributed by atoms with Gasteiger partial charge in [0.15, 0.2) is 5.96 Å². The minimum absolute atomic E-state index is 0. The fraction of sp³-hybridized carbons (Fsp3) is 0.524. The fourth-order valence-corrected chi connectivity index (χ4v) is 4.89. The van der Waals surface area contributed by atoms with E-state index in [1.807, 2.05) is 0 Å². The van der Waals surface area contributed by atoms with Gasteiger partial charge in [0.1, 0.15) is 5.82 Å². The van der Waals surface area contributed by atoms with Gasteiger partial charge in [-0.25, -0.2) is 4.98 Å². The standard InChI is InChI=1S/C21H27F2N5.HI/c1-24-20(26-14-18-25-11-13-28(18)19(22)23)27-12-5-10-21(15-27)9-4-7-16-6-2-3-8-17(16)21;/h2-3,6,8,11,13,19H,4-5,7,9-10,12,14-15H2,1H3,(H,24,26);1H. The van der Waals surface area contributed by atoms with Crippen LogP contribution in [0.5, 0.6) is 0 Å². The molecule has 0 saturated carbocycles. The third kappa shape index (κ3) is 4.41. The van der Waals surface area contributed by atoms with E-state index < -0.39 is 6.55 Å². The molecule has 1 aromatic carbocycles. The van der Waals surface area contributed by atoms with Crippen LogP contribution in [0.4, 0.5) is 8.78 Å². The van der Waals surface area contributed by atoms with Crippen LogP contribution in [0, 0.1) is 0 Å². The quantitative estimate of drug-likeness (QED) is 0.376. The Bertz CT molecular complexity index is 853. The van der Waals surface area contributed by atoms with Gasteiger partial charge in [-0.3, -0.25) is 9.56 Å². The molecule has 2 aliphatic rings. The molecule has 1 aliphatic heterocycles. The molecule has 0 bridgehead atoms. The highest BCUT2D eigenvalue weighted by atomic mass is 127. The Labute approximate surface area is 187 Å². The number of fused-ring (bicyclic) bond motifs is 2. The van der Waals surface area contributed by atoms with Crippen LogP contribution >= 0.6 is 24.0 Å². The van der Waals surface area contributed by atoms with Gasteiger partial charge in [-0.05, 0) is 43.2 Å². The van der Waals surface area contributed by atoms with Crippen LogP contribution in [0.2, 0.25) is 0 Å². The Balaban J connectivity index is 0.00000240. The van der Waals surface area contributed by atoms with Crippen molar-refractivity contribution in [2.24, 2.45) is 4.99 Å². The van der Waals surface area contributed by atoms with Gasteiger partial charge in [0, 0.05) is 37.9 Å². The number of piperidine rings is 1. The molecule has 8 heteroatoms. The molecule has 4 rings (SSSR count). The molecule has 1 fully saturated rings. The lowest BCUT2D eigenvalue weighted by Gasteiger charge is -2.47. The van der Waals surface area contributed by atoms with E-state index in [-0.39, 0.29) is 35.9 Å². The second kappa shape index (κ2) is 9.40. The van der Waals surface area contributed by atoms with Crippen LogP contribution in [-0.2, 0) is 18.4 Å². The number of hydrogen-bond acceptors (Lipinski definition) is 2. The summed E-state index contributed by atoms with van der Waals surface area (Å²) >= 11 is 0. The van der Waals surface area contributed by atoms with Gasteiger partial charge in [0.05, 0.1) is 6.54 Å². The summed E-state index contributed by atoms with van der Waals surface area (Å²) in [5, 5.41) is 3.24. The number of aryl methyl sites for hydroxylation is 1. The first-order valence-electron chi connectivity index (χ1n) is 9.97. The molecule has 1 aromatic heterocycles. The van der Waals surface area contributed by atoms with E-state index in [2.05, 4.69) is 44.5 Å². The molecule has 0 radical (unpaired) electrons. The zero-order valence-electron chi connectivity index (χ0n) is 16.7. The van der Waals surface area contributed by atoms with Crippen molar-refractivity contribution in [3.8, 4) is 0 Å². The predicted molar refractivity (Wildman–Crippen MR) is 121 cm³/mol.